The van der Waals surface area contributed by atoms with E-state index in [1.807, 2.05) is 33.8 Å². The maximum absolute atomic E-state index is 11.9. The predicted molar refractivity (Wildman–Crippen MR) is 79.0 cm³/mol. The van der Waals surface area contributed by atoms with Crippen LogP contribution in [0.2, 0.25) is 0 Å². The van der Waals surface area contributed by atoms with E-state index < -0.39 is 11.4 Å². The normalized spacial score (nSPS) is 29.2. The quantitative estimate of drug-likeness (QED) is 0.433. The average Bonchev–Trinajstić information content (AvgIpc) is 2.43. The highest BCUT2D eigenvalue weighted by molar-refractivity contribution is 9.14. The molecule has 92 valence electrons. The summed E-state index contributed by atoms with van der Waals surface area (Å²) >= 11 is 9.96. The fourth-order valence-corrected chi connectivity index (χ4v) is 4.27. The molecule has 0 aromatic carbocycles. The molecule has 0 spiro atoms. The van der Waals surface area contributed by atoms with Crippen LogP contribution in [0.4, 0.5) is 0 Å². The molecule has 6 heteroatoms. The van der Waals surface area contributed by atoms with Crippen molar-refractivity contribution in [1.82, 2.24) is 0 Å². The maximum atomic E-state index is 11.9. The molecule has 16 heavy (non-hydrogen) atoms. The molecule has 2 unspecified atom stereocenters. The number of hydrogen-bond donors (Lipinski definition) is 0. The van der Waals surface area contributed by atoms with Gasteiger partial charge in [0.25, 0.3) is 0 Å². The van der Waals surface area contributed by atoms with Gasteiger partial charge in [0.1, 0.15) is 16.1 Å². The SMILES string of the molecule is C/C(=N\[S@+]([O-])C(C)(C)C)C1SC(Br)=CC1Cl. The van der Waals surface area contributed by atoms with Gasteiger partial charge in [-0.1, -0.05) is 4.40 Å². The first-order valence-corrected chi connectivity index (χ1v) is 8.08. The van der Waals surface area contributed by atoms with Gasteiger partial charge < -0.3 is 4.55 Å². The van der Waals surface area contributed by atoms with Crippen LogP contribution in [0.25, 0.3) is 0 Å². The van der Waals surface area contributed by atoms with Crippen LogP contribution in [0.15, 0.2) is 14.3 Å². The number of rotatable bonds is 2. The predicted octanol–water partition coefficient (Wildman–Crippen LogP) is 3.87. The number of hydrogen-bond acceptors (Lipinski definition) is 3. The van der Waals surface area contributed by atoms with Gasteiger partial charge in [0.05, 0.1) is 16.3 Å². The molecule has 0 saturated heterocycles. The van der Waals surface area contributed by atoms with Crippen LogP contribution in [-0.4, -0.2) is 25.6 Å². The molecule has 0 aliphatic carbocycles. The van der Waals surface area contributed by atoms with Crippen molar-refractivity contribution in [3.8, 4) is 0 Å². The molecular weight excluding hydrogens is 330 g/mol. The molecule has 0 amide bonds. The van der Waals surface area contributed by atoms with E-state index in [9.17, 15) is 4.55 Å². The first-order valence-electron chi connectivity index (χ1n) is 4.87. The molecule has 1 aliphatic heterocycles. The van der Waals surface area contributed by atoms with Gasteiger partial charge in [-0.3, -0.25) is 0 Å². The summed E-state index contributed by atoms with van der Waals surface area (Å²) < 4.78 is 16.8. The summed E-state index contributed by atoms with van der Waals surface area (Å²) in [6.45, 7) is 7.62. The minimum atomic E-state index is -1.21. The first kappa shape index (κ1) is 14.9. The fraction of sp³-hybridized carbons (Fsp3) is 0.700. The molecule has 0 aromatic rings. The Balaban J connectivity index is 2.72. The third kappa shape index (κ3) is 3.95. The van der Waals surface area contributed by atoms with Crippen molar-refractivity contribution >= 4 is 56.4 Å². The standard InChI is InChI=1S/C10H15BrClNOS2/c1-6(13-16(14)10(2,3)4)9-7(12)5-8(11)15-9/h5,7,9H,1-4H3/b13-6+/t7?,9?,16-/m1/s1. The zero-order valence-electron chi connectivity index (χ0n) is 9.66. The molecule has 0 bridgehead atoms. The van der Waals surface area contributed by atoms with Crippen LogP contribution < -0.4 is 0 Å². The Kier molecular flexibility index (Phi) is 5.26. The summed E-state index contributed by atoms with van der Waals surface area (Å²) in [5.74, 6) is 0. The van der Waals surface area contributed by atoms with Crippen molar-refractivity contribution in [2.45, 2.75) is 43.1 Å². The van der Waals surface area contributed by atoms with Gasteiger partial charge in [-0.25, -0.2) is 0 Å². The van der Waals surface area contributed by atoms with Crippen molar-refractivity contribution in [2.75, 3.05) is 0 Å². The van der Waals surface area contributed by atoms with Crippen LogP contribution >= 0.6 is 39.3 Å². The molecule has 1 heterocycles. The highest BCUT2D eigenvalue weighted by Gasteiger charge is 2.32. The molecule has 1 aliphatic rings. The molecule has 3 atom stereocenters. The number of nitrogens with zero attached hydrogens (tertiary/aromatic N) is 1. The summed E-state index contributed by atoms with van der Waals surface area (Å²) in [5.41, 5.74) is 0.837. The zero-order chi connectivity index (χ0) is 12.5. The molecule has 2 nitrogen and oxygen atoms in total. The van der Waals surface area contributed by atoms with E-state index in [1.54, 1.807) is 11.8 Å². The minimum absolute atomic E-state index is 0.0832. The smallest absolute Gasteiger partial charge is 0.144 e. The molecule has 0 radical (unpaired) electrons. The molecular formula is C10H15BrClNOS2. The van der Waals surface area contributed by atoms with E-state index in [1.165, 1.54) is 0 Å². The van der Waals surface area contributed by atoms with E-state index in [-0.39, 0.29) is 15.4 Å². The first-order chi connectivity index (χ1) is 7.21. The van der Waals surface area contributed by atoms with E-state index in [4.69, 9.17) is 11.6 Å². The lowest BCUT2D eigenvalue weighted by atomic mass is 10.2. The van der Waals surface area contributed by atoms with Gasteiger partial charge in [0.2, 0.25) is 0 Å². The van der Waals surface area contributed by atoms with Gasteiger partial charge >= 0.3 is 0 Å². The Labute approximate surface area is 118 Å². The van der Waals surface area contributed by atoms with E-state index in [0.29, 0.717) is 0 Å². The lowest BCUT2D eigenvalue weighted by Gasteiger charge is -2.20. The van der Waals surface area contributed by atoms with Crippen LogP contribution in [-0.2, 0) is 11.4 Å². The monoisotopic (exact) mass is 343 g/mol. The molecule has 1 rings (SSSR count). The molecule has 0 fully saturated rings. The Bertz CT molecular complexity index is 327. The summed E-state index contributed by atoms with van der Waals surface area (Å²) in [5, 5.41) is 0.00225. The van der Waals surface area contributed by atoms with Crippen LogP contribution in [0.1, 0.15) is 27.7 Å². The van der Waals surface area contributed by atoms with Gasteiger partial charge in [-0.05, 0) is 49.7 Å². The lowest BCUT2D eigenvalue weighted by Crippen LogP contribution is -2.29. The third-order valence-corrected chi connectivity index (χ3v) is 6.09. The summed E-state index contributed by atoms with van der Waals surface area (Å²) in [4.78, 5) is 0. The third-order valence-electron chi connectivity index (χ3n) is 1.98. The van der Waals surface area contributed by atoms with Gasteiger partial charge in [-0.2, -0.15) is 0 Å². The minimum Gasteiger partial charge on any atom is -0.591 e. The van der Waals surface area contributed by atoms with Crippen molar-refractivity contribution in [2.24, 2.45) is 4.40 Å². The second-order valence-corrected chi connectivity index (χ2v) is 9.52. The summed E-state index contributed by atoms with van der Waals surface area (Å²) in [6.07, 6.45) is 1.94. The van der Waals surface area contributed by atoms with E-state index in [0.717, 1.165) is 9.53 Å². The second-order valence-electron chi connectivity index (χ2n) is 4.55. The Morgan fingerprint density at radius 3 is 2.56 bits per heavy atom. The summed E-state index contributed by atoms with van der Waals surface area (Å²) in [7, 11) is 0. The average molecular weight is 345 g/mol. The van der Waals surface area contributed by atoms with Gasteiger partial charge in [0, 0.05) is 3.81 Å². The fourth-order valence-electron chi connectivity index (χ4n) is 1.07. The maximum Gasteiger partial charge on any atom is 0.144 e. The summed E-state index contributed by atoms with van der Waals surface area (Å²) in [6, 6.07) is 0. The Hall–Kier alpha value is 0.840. The van der Waals surface area contributed by atoms with Crippen LogP contribution in [0.3, 0.4) is 0 Å². The molecule has 0 saturated carbocycles. The topological polar surface area (TPSA) is 35.4 Å². The highest BCUT2D eigenvalue weighted by atomic mass is 79.9. The second kappa shape index (κ2) is 5.65. The lowest BCUT2D eigenvalue weighted by molar-refractivity contribution is 0.561. The Morgan fingerprint density at radius 2 is 2.19 bits per heavy atom. The van der Waals surface area contributed by atoms with E-state index >= 15 is 0 Å². The van der Waals surface area contributed by atoms with Crippen molar-refractivity contribution in [3.05, 3.63) is 9.89 Å². The van der Waals surface area contributed by atoms with Crippen LogP contribution in [0, 0.1) is 0 Å². The number of thioether (sulfide) groups is 1. The van der Waals surface area contributed by atoms with Gasteiger partial charge in [-0.15, -0.1) is 23.4 Å². The number of halogens is 2. The highest BCUT2D eigenvalue weighted by Crippen LogP contribution is 2.40. The van der Waals surface area contributed by atoms with Crippen LogP contribution in [0.5, 0.6) is 0 Å². The number of alkyl halides is 1. The largest absolute Gasteiger partial charge is 0.591 e. The number of allylic oxidation sites excluding steroid dienone is 1. The van der Waals surface area contributed by atoms with Crippen molar-refractivity contribution in [3.63, 3.8) is 0 Å². The van der Waals surface area contributed by atoms with Crippen molar-refractivity contribution < 1.29 is 4.55 Å². The van der Waals surface area contributed by atoms with Gasteiger partial charge in [0.15, 0.2) is 0 Å². The van der Waals surface area contributed by atoms with Crippen molar-refractivity contribution in [1.29, 1.82) is 0 Å². The Morgan fingerprint density at radius 1 is 1.62 bits per heavy atom. The molecule has 0 N–H and O–H groups in total. The van der Waals surface area contributed by atoms with E-state index in [2.05, 4.69) is 20.3 Å². The zero-order valence-corrected chi connectivity index (χ0v) is 13.6. The molecule has 0 aromatic heterocycles.